The second kappa shape index (κ2) is 5.87. The maximum atomic E-state index is 12.9. The van der Waals surface area contributed by atoms with Crippen LogP contribution >= 0.6 is 0 Å². The van der Waals surface area contributed by atoms with E-state index in [4.69, 9.17) is 9.15 Å². The average molecular weight is 356 g/mol. The van der Waals surface area contributed by atoms with Gasteiger partial charge in [-0.3, -0.25) is 4.79 Å². The smallest absolute Gasteiger partial charge is 0.239 e. The van der Waals surface area contributed by atoms with Crippen molar-refractivity contribution in [2.24, 2.45) is 0 Å². The van der Waals surface area contributed by atoms with Crippen LogP contribution in [-0.2, 0) is 0 Å². The largest absolute Gasteiger partial charge is 0.508 e. The zero-order valence-corrected chi connectivity index (χ0v) is 13.6. The van der Waals surface area contributed by atoms with Gasteiger partial charge in [0.05, 0.1) is 6.10 Å². The molecular weight excluding hydrogens is 340 g/mol. The predicted molar refractivity (Wildman–Crippen MR) is 92.8 cm³/mol. The molecule has 0 saturated heterocycles. The molecular formula is C19H16O7. The van der Waals surface area contributed by atoms with Gasteiger partial charge in [0.1, 0.15) is 22.5 Å². The van der Waals surface area contributed by atoms with Gasteiger partial charge in [-0.25, -0.2) is 0 Å². The molecule has 0 atom stereocenters. The molecule has 7 heteroatoms. The van der Waals surface area contributed by atoms with Crippen molar-refractivity contribution in [3.8, 4) is 40.1 Å². The van der Waals surface area contributed by atoms with Gasteiger partial charge >= 0.3 is 0 Å². The summed E-state index contributed by atoms with van der Waals surface area (Å²) in [7, 11) is 0. The molecule has 1 heterocycles. The van der Waals surface area contributed by atoms with Crippen LogP contribution < -0.4 is 10.2 Å². The summed E-state index contributed by atoms with van der Waals surface area (Å²) in [5.74, 6) is -1.38. The fourth-order valence-electron chi connectivity index (χ4n) is 2.89. The highest BCUT2D eigenvalue weighted by atomic mass is 16.5. The number of ether oxygens (including phenoxy) is 1. The quantitative estimate of drug-likeness (QED) is 0.532. The Morgan fingerprint density at radius 1 is 0.962 bits per heavy atom. The maximum absolute atomic E-state index is 12.9. The number of fused-ring (bicyclic) bond motifs is 1. The van der Waals surface area contributed by atoms with Gasteiger partial charge in [0, 0.05) is 17.7 Å². The fraction of sp³-hybridized carbons (Fsp3) is 0.211. The van der Waals surface area contributed by atoms with Crippen LogP contribution in [0, 0.1) is 0 Å². The van der Waals surface area contributed by atoms with Crippen LogP contribution in [0.3, 0.4) is 0 Å². The lowest BCUT2D eigenvalue weighted by atomic mass is 9.96. The number of aromatic hydroxyl groups is 4. The van der Waals surface area contributed by atoms with Gasteiger partial charge in [-0.2, -0.15) is 0 Å². The second-order valence-corrected chi connectivity index (χ2v) is 6.30. The summed E-state index contributed by atoms with van der Waals surface area (Å²) >= 11 is 0. The van der Waals surface area contributed by atoms with Crippen LogP contribution in [0.25, 0.3) is 22.3 Å². The molecule has 0 spiro atoms. The minimum Gasteiger partial charge on any atom is -0.508 e. The van der Waals surface area contributed by atoms with Crippen molar-refractivity contribution in [3.05, 3.63) is 40.6 Å². The molecule has 1 aromatic heterocycles. The first-order valence-corrected chi connectivity index (χ1v) is 8.16. The Bertz CT molecular complexity index is 1060. The first-order chi connectivity index (χ1) is 12.4. The minimum atomic E-state index is -0.571. The lowest BCUT2D eigenvalue weighted by Gasteiger charge is -2.26. The monoisotopic (exact) mass is 356 g/mol. The van der Waals surface area contributed by atoms with Crippen molar-refractivity contribution < 1.29 is 29.6 Å². The maximum Gasteiger partial charge on any atom is 0.239 e. The van der Waals surface area contributed by atoms with Crippen LogP contribution in [0.4, 0.5) is 0 Å². The third kappa shape index (κ3) is 2.57. The Morgan fingerprint density at radius 3 is 2.38 bits per heavy atom. The summed E-state index contributed by atoms with van der Waals surface area (Å²) in [4.78, 5) is 12.9. The zero-order valence-electron chi connectivity index (χ0n) is 13.6. The second-order valence-electron chi connectivity index (χ2n) is 6.30. The third-order valence-corrected chi connectivity index (χ3v) is 4.49. The Balaban J connectivity index is 2.00. The molecule has 26 heavy (non-hydrogen) atoms. The Morgan fingerprint density at radius 2 is 1.73 bits per heavy atom. The van der Waals surface area contributed by atoms with E-state index in [-0.39, 0.29) is 45.8 Å². The van der Waals surface area contributed by atoms with E-state index in [0.717, 1.165) is 25.3 Å². The van der Waals surface area contributed by atoms with Crippen LogP contribution in [0.5, 0.6) is 28.7 Å². The van der Waals surface area contributed by atoms with Gasteiger partial charge in [0.15, 0.2) is 17.3 Å². The first kappa shape index (κ1) is 16.1. The number of phenols is 4. The van der Waals surface area contributed by atoms with E-state index in [2.05, 4.69) is 0 Å². The SMILES string of the molecule is O=c1c(OC2CCC2)c(-c2ccc(O)c(O)c2)oc2cc(O)cc(O)c12. The molecule has 4 rings (SSSR count). The van der Waals surface area contributed by atoms with Gasteiger partial charge in [-0.05, 0) is 37.5 Å². The van der Waals surface area contributed by atoms with Crippen molar-refractivity contribution in [1.82, 2.24) is 0 Å². The molecule has 1 aliphatic rings. The molecule has 1 saturated carbocycles. The summed E-state index contributed by atoms with van der Waals surface area (Å²) in [6.45, 7) is 0. The predicted octanol–water partition coefficient (Wildman–Crippen LogP) is 3.21. The summed E-state index contributed by atoms with van der Waals surface area (Å²) < 4.78 is 11.6. The molecule has 0 bridgehead atoms. The molecule has 7 nitrogen and oxygen atoms in total. The average Bonchev–Trinajstić information content (AvgIpc) is 2.54. The zero-order chi connectivity index (χ0) is 18.4. The number of hydrogen-bond donors (Lipinski definition) is 4. The van der Waals surface area contributed by atoms with E-state index in [9.17, 15) is 25.2 Å². The highest BCUT2D eigenvalue weighted by molar-refractivity contribution is 5.88. The van der Waals surface area contributed by atoms with E-state index in [1.165, 1.54) is 24.3 Å². The summed E-state index contributed by atoms with van der Waals surface area (Å²) in [5, 5.41) is 38.9. The van der Waals surface area contributed by atoms with Crippen molar-refractivity contribution in [2.75, 3.05) is 0 Å². The Labute approximate surface area is 147 Å². The van der Waals surface area contributed by atoms with Gasteiger partial charge in [-0.1, -0.05) is 0 Å². The van der Waals surface area contributed by atoms with Crippen LogP contribution in [0.1, 0.15) is 19.3 Å². The van der Waals surface area contributed by atoms with E-state index < -0.39 is 11.2 Å². The number of rotatable bonds is 3. The summed E-state index contributed by atoms with van der Waals surface area (Å²) in [5.41, 5.74) is -0.273. The third-order valence-electron chi connectivity index (χ3n) is 4.49. The molecule has 134 valence electrons. The molecule has 0 aliphatic heterocycles. The Kier molecular flexibility index (Phi) is 3.64. The Hall–Kier alpha value is -3.35. The summed E-state index contributed by atoms with van der Waals surface area (Å²) in [6, 6.07) is 6.25. The molecule has 2 aromatic carbocycles. The van der Waals surface area contributed by atoms with E-state index >= 15 is 0 Å². The van der Waals surface area contributed by atoms with Crippen LogP contribution in [0.2, 0.25) is 0 Å². The van der Waals surface area contributed by atoms with Crippen LogP contribution in [-0.4, -0.2) is 26.5 Å². The highest BCUT2D eigenvalue weighted by Gasteiger charge is 2.26. The standard InChI is InChI=1S/C19H16O7/c20-10-7-14(23)16-15(8-10)26-18(9-4-5-12(21)13(22)6-9)19(17(16)24)25-11-2-1-3-11/h4-8,11,20-23H,1-3H2. The normalized spacial score (nSPS) is 14.3. The minimum absolute atomic E-state index is 0.0176. The van der Waals surface area contributed by atoms with E-state index in [0.29, 0.717) is 5.56 Å². The van der Waals surface area contributed by atoms with Gasteiger partial charge in [-0.15, -0.1) is 0 Å². The van der Waals surface area contributed by atoms with Gasteiger partial charge < -0.3 is 29.6 Å². The molecule has 1 fully saturated rings. The molecule has 0 amide bonds. The highest BCUT2D eigenvalue weighted by Crippen LogP contribution is 2.39. The lowest BCUT2D eigenvalue weighted by molar-refractivity contribution is 0.117. The lowest BCUT2D eigenvalue weighted by Crippen LogP contribution is -2.27. The summed E-state index contributed by atoms with van der Waals surface area (Å²) in [6.07, 6.45) is 2.48. The molecule has 0 radical (unpaired) electrons. The molecule has 4 N–H and O–H groups in total. The van der Waals surface area contributed by atoms with Gasteiger partial charge in [0.25, 0.3) is 0 Å². The van der Waals surface area contributed by atoms with E-state index in [1.54, 1.807) is 0 Å². The molecule has 3 aromatic rings. The van der Waals surface area contributed by atoms with Crippen molar-refractivity contribution in [1.29, 1.82) is 0 Å². The van der Waals surface area contributed by atoms with Crippen molar-refractivity contribution in [3.63, 3.8) is 0 Å². The van der Waals surface area contributed by atoms with Crippen molar-refractivity contribution >= 4 is 11.0 Å². The number of phenolic OH excluding ortho intramolecular Hbond substituents is 4. The number of benzene rings is 2. The first-order valence-electron chi connectivity index (χ1n) is 8.16. The van der Waals surface area contributed by atoms with Gasteiger partial charge in [0.2, 0.25) is 11.2 Å². The van der Waals surface area contributed by atoms with E-state index in [1.807, 2.05) is 0 Å². The number of hydrogen-bond acceptors (Lipinski definition) is 7. The van der Waals surface area contributed by atoms with Crippen molar-refractivity contribution in [2.45, 2.75) is 25.4 Å². The fourth-order valence-corrected chi connectivity index (χ4v) is 2.89. The van der Waals surface area contributed by atoms with Crippen LogP contribution in [0.15, 0.2) is 39.5 Å². The molecule has 0 unspecified atom stereocenters. The topological polar surface area (TPSA) is 120 Å². The molecule has 1 aliphatic carbocycles.